The van der Waals surface area contributed by atoms with Gasteiger partial charge in [0.05, 0.1) is 11.1 Å². The maximum atomic E-state index is 6.92. The minimum absolute atomic E-state index is 0.00291. The molecular weight excluding hydrogens is 1020 g/mol. The Morgan fingerprint density at radius 2 is 0.988 bits per heavy atom. The van der Waals surface area contributed by atoms with Crippen molar-refractivity contribution in [3.8, 4) is 33.4 Å². The van der Waals surface area contributed by atoms with Gasteiger partial charge in [-0.05, 0) is 173 Å². The third kappa shape index (κ3) is 8.39. The molecule has 2 aliphatic heterocycles. The zero-order valence-electron chi connectivity index (χ0n) is 51.5. The highest BCUT2D eigenvalue weighted by molar-refractivity contribution is 6.94. The molecule has 0 spiro atoms. The summed E-state index contributed by atoms with van der Waals surface area (Å²) in [4.78, 5) is 7.84. The predicted molar refractivity (Wildman–Crippen MR) is 360 cm³/mol. The van der Waals surface area contributed by atoms with E-state index >= 15 is 0 Å². The molecule has 14 rings (SSSR count). The summed E-state index contributed by atoms with van der Waals surface area (Å²) in [5.74, 6) is 0. The van der Waals surface area contributed by atoms with Crippen molar-refractivity contribution >= 4 is 85.2 Å². The second-order valence-corrected chi connectivity index (χ2v) is 28.6. The zero-order chi connectivity index (χ0) is 58.6. The molecule has 416 valence electrons. The van der Waals surface area contributed by atoms with Gasteiger partial charge in [-0.1, -0.05) is 218 Å². The van der Waals surface area contributed by atoms with Crippen LogP contribution in [0.5, 0.6) is 0 Å². The van der Waals surface area contributed by atoms with Crippen LogP contribution in [-0.2, 0) is 27.1 Å². The number of hydrogen-bond acceptors (Lipinski definition) is 4. The van der Waals surface area contributed by atoms with Crippen molar-refractivity contribution in [1.82, 2.24) is 0 Å². The Bertz CT molecular complexity index is 4370. The molecule has 0 saturated carbocycles. The Labute approximate surface area is 498 Å². The van der Waals surface area contributed by atoms with Crippen LogP contribution >= 0.6 is 0 Å². The van der Waals surface area contributed by atoms with Crippen molar-refractivity contribution in [3.63, 3.8) is 0 Å². The Hall–Kier alpha value is -8.54. The van der Waals surface area contributed by atoms with Gasteiger partial charge in [-0.2, -0.15) is 0 Å². The number of furan rings is 1. The number of rotatable bonds is 6. The molecule has 0 fully saturated rings. The summed E-state index contributed by atoms with van der Waals surface area (Å²) in [5.41, 5.74) is 28.3. The fraction of sp³-hybridized carbons (Fsp3) is 0.241. The first-order valence-electron chi connectivity index (χ1n) is 30.3. The number of fused-ring (bicyclic) bond motifs is 12. The molecule has 0 atom stereocenters. The fourth-order valence-corrected chi connectivity index (χ4v) is 14.1. The summed E-state index contributed by atoms with van der Waals surface area (Å²) in [5, 5.41) is 2.25. The van der Waals surface area contributed by atoms with Crippen molar-refractivity contribution in [3.05, 3.63) is 240 Å². The largest absolute Gasteiger partial charge is 0.456 e. The smallest absolute Gasteiger partial charge is 0.333 e. The van der Waals surface area contributed by atoms with E-state index in [0.717, 1.165) is 56.1 Å². The first kappa shape index (κ1) is 53.5. The molecule has 3 aliphatic rings. The third-order valence-electron chi connectivity index (χ3n) is 18.7. The van der Waals surface area contributed by atoms with Gasteiger partial charge in [0.25, 0.3) is 0 Å². The van der Waals surface area contributed by atoms with E-state index in [1.807, 2.05) is 0 Å². The zero-order valence-corrected chi connectivity index (χ0v) is 51.5. The van der Waals surface area contributed by atoms with E-state index in [9.17, 15) is 0 Å². The molecule has 1 aromatic heterocycles. The van der Waals surface area contributed by atoms with Crippen molar-refractivity contribution in [2.24, 2.45) is 0 Å². The number of hydrogen-bond donors (Lipinski definition) is 0. The average Bonchev–Trinajstić information content (AvgIpc) is 1.24. The Morgan fingerprint density at radius 1 is 0.429 bits per heavy atom. The molecule has 0 saturated heterocycles. The van der Waals surface area contributed by atoms with Crippen molar-refractivity contribution in [1.29, 1.82) is 0 Å². The van der Waals surface area contributed by atoms with E-state index in [-0.39, 0.29) is 33.9 Å². The molecule has 0 N–H and O–H groups in total. The lowest BCUT2D eigenvalue weighted by molar-refractivity contribution is 0.590. The van der Waals surface area contributed by atoms with Gasteiger partial charge in [0, 0.05) is 61.7 Å². The Morgan fingerprint density at radius 3 is 1.62 bits per heavy atom. The number of nitrogens with zero attached hydrogens (tertiary/aromatic N) is 3. The van der Waals surface area contributed by atoms with Crippen LogP contribution < -0.4 is 25.5 Å². The monoisotopic (exact) mass is 1090 g/mol. The summed E-state index contributed by atoms with van der Waals surface area (Å²) in [6.07, 6.45) is 0. The van der Waals surface area contributed by atoms with Crippen molar-refractivity contribution in [2.75, 3.05) is 14.6 Å². The number of benzene rings is 10. The van der Waals surface area contributed by atoms with Gasteiger partial charge in [0.1, 0.15) is 11.2 Å². The van der Waals surface area contributed by atoms with Gasteiger partial charge in [0.15, 0.2) is 0 Å². The molecule has 3 heterocycles. The lowest BCUT2D eigenvalue weighted by Gasteiger charge is -2.48. The summed E-state index contributed by atoms with van der Waals surface area (Å²) in [6, 6.07) is 78.8. The molecule has 11 aromatic rings. The molecule has 10 aromatic carbocycles. The lowest BCUT2D eigenvalue weighted by atomic mass is 9.42. The molecule has 5 heteroatoms. The summed E-state index contributed by atoms with van der Waals surface area (Å²) in [6.45, 7) is 32.3. The molecular formula is C79H76BN3O. The SMILES string of the molecule is CC(C)(C)c1ccc(N2B3c4ccc(N(c5ccc(C(C)(C)C)cc5)c5ccc(C(C)(C)C)cc5)cc4N(c4ccc(C(C)(C)C)cc4-c4ccccc4)c4cc5c(c(c43)-c3ccc4oc6ccccc6c4c32)C(C)(C)c2ccccc2-5)cc1. The summed E-state index contributed by atoms with van der Waals surface area (Å²) >= 11 is 0. The van der Waals surface area contributed by atoms with Gasteiger partial charge >= 0.3 is 6.85 Å². The lowest BCUT2D eigenvalue weighted by Crippen LogP contribution is -2.62. The van der Waals surface area contributed by atoms with E-state index in [1.54, 1.807) is 0 Å². The van der Waals surface area contributed by atoms with E-state index in [0.29, 0.717) is 0 Å². The molecule has 84 heavy (non-hydrogen) atoms. The van der Waals surface area contributed by atoms with Crippen LogP contribution in [0.2, 0.25) is 0 Å². The first-order valence-corrected chi connectivity index (χ1v) is 30.3. The van der Waals surface area contributed by atoms with Crippen LogP contribution in [0, 0.1) is 0 Å². The van der Waals surface area contributed by atoms with E-state index in [1.165, 1.54) is 89.1 Å². The highest BCUT2D eigenvalue weighted by Gasteiger charge is 2.51. The quantitative estimate of drug-likeness (QED) is 0.155. The maximum absolute atomic E-state index is 6.92. The first-order chi connectivity index (χ1) is 40.0. The average molecular weight is 1090 g/mol. The van der Waals surface area contributed by atoms with E-state index < -0.39 is 0 Å². The number of para-hydroxylation sites is 1. The van der Waals surface area contributed by atoms with E-state index in [2.05, 4.69) is 318 Å². The predicted octanol–water partition coefficient (Wildman–Crippen LogP) is 20.9. The summed E-state index contributed by atoms with van der Waals surface area (Å²) < 4.78 is 6.92. The van der Waals surface area contributed by atoms with Crippen molar-refractivity contribution in [2.45, 2.75) is 124 Å². The Kier molecular flexibility index (Phi) is 11.9. The van der Waals surface area contributed by atoms with Gasteiger partial charge in [0.2, 0.25) is 0 Å². The van der Waals surface area contributed by atoms with Crippen LogP contribution in [-0.4, -0.2) is 6.85 Å². The number of anilines is 8. The molecule has 0 radical (unpaired) electrons. The highest BCUT2D eigenvalue weighted by atomic mass is 16.3. The second kappa shape index (κ2) is 18.7. The van der Waals surface area contributed by atoms with Crippen LogP contribution in [0.1, 0.15) is 130 Å². The van der Waals surface area contributed by atoms with Crippen LogP contribution in [0.25, 0.3) is 55.3 Å². The van der Waals surface area contributed by atoms with Crippen LogP contribution in [0.4, 0.5) is 45.5 Å². The Balaban J connectivity index is 1.15. The third-order valence-corrected chi connectivity index (χ3v) is 18.7. The highest BCUT2D eigenvalue weighted by Crippen LogP contribution is 2.60. The molecule has 1 aliphatic carbocycles. The second-order valence-electron chi connectivity index (χ2n) is 28.6. The minimum atomic E-state index is -0.327. The standard InChI is InChI=1S/C79H76BN3O/c1-75(2,3)50-28-35-54(36-29-50)81(55-37-30-51(31-38-55)76(4,5)6)57-41-43-64-66(47-57)82(65-44-34-53(78(10,11)12)46-61(65)49-22-16-15-17-23-49)67-48-62-58-24-18-20-26-63(58)79(13,14)72(62)71-60-42-45-69-70(59-25-19-21-27-68(59)84-69)74(60)83(80(64)73(67)71)56-39-32-52(33-40-56)77(7,8)9/h15-48H,1-14H3. The maximum Gasteiger partial charge on any atom is 0.333 e. The van der Waals surface area contributed by atoms with Crippen LogP contribution in [0.15, 0.2) is 211 Å². The van der Waals surface area contributed by atoms with Gasteiger partial charge in [-0.15, -0.1) is 0 Å². The van der Waals surface area contributed by atoms with Gasteiger partial charge in [-0.25, -0.2) is 0 Å². The van der Waals surface area contributed by atoms with E-state index in [4.69, 9.17) is 4.42 Å². The normalized spacial score (nSPS) is 14.3. The molecule has 0 unspecified atom stereocenters. The molecule has 0 amide bonds. The van der Waals surface area contributed by atoms with Gasteiger partial charge in [-0.3, -0.25) is 0 Å². The van der Waals surface area contributed by atoms with Crippen molar-refractivity contribution < 1.29 is 4.42 Å². The molecule has 0 bridgehead atoms. The topological polar surface area (TPSA) is 22.9 Å². The van der Waals surface area contributed by atoms with Gasteiger partial charge < -0.3 is 19.0 Å². The molecule has 4 nitrogen and oxygen atoms in total. The van der Waals surface area contributed by atoms with Crippen LogP contribution in [0.3, 0.4) is 0 Å². The summed E-state index contributed by atoms with van der Waals surface area (Å²) in [7, 11) is 0. The fourth-order valence-electron chi connectivity index (χ4n) is 14.1. The minimum Gasteiger partial charge on any atom is -0.456 e.